The molecule has 0 bridgehead atoms. The summed E-state index contributed by atoms with van der Waals surface area (Å²) in [5, 5.41) is 8.07. The Morgan fingerprint density at radius 1 is 1.17 bits per heavy atom. The van der Waals surface area contributed by atoms with Crippen molar-refractivity contribution in [2.45, 2.75) is 12.6 Å². The number of aromatic nitrogens is 2. The molecule has 126 valence electrons. The van der Waals surface area contributed by atoms with Gasteiger partial charge < -0.3 is 15.0 Å². The van der Waals surface area contributed by atoms with Crippen molar-refractivity contribution in [3.63, 3.8) is 0 Å². The number of benzene rings is 1. The van der Waals surface area contributed by atoms with Crippen LogP contribution in [0, 0.1) is 0 Å². The van der Waals surface area contributed by atoms with Crippen molar-refractivity contribution in [3.05, 3.63) is 66.0 Å². The van der Waals surface area contributed by atoms with Crippen LogP contribution in [-0.4, -0.2) is 42.3 Å². The molecular formula is C19H24N4O. The molecule has 0 saturated carbocycles. The van der Waals surface area contributed by atoms with E-state index in [1.807, 2.05) is 41.2 Å². The zero-order chi connectivity index (χ0) is 16.9. The first kappa shape index (κ1) is 16.5. The van der Waals surface area contributed by atoms with Crippen molar-refractivity contribution < 1.29 is 4.74 Å². The molecule has 0 amide bonds. The maximum Gasteiger partial charge on any atom is 0.118 e. The first-order valence-corrected chi connectivity index (χ1v) is 8.10. The first-order valence-electron chi connectivity index (χ1n) is 8.10. The van der Waals surface area contributed by atoms with E-state index in [9.17, 15) is 0 Å². The Balaban J connectivity index is 1.76. The fourth-order valence-corrected chi connectivity index (χ4v) is 2.85. The van der Waals surface area contributed by atoms with Gasteiger partial charge in [0.2, 0.25) is 0 Å². The molecule has 0 fully saturated rings. The zero-order valence-corrected chi connectivity index (χ0v) is 14.4. The van der Waals surface area contributed by atoms with Gasteiger partial charge in [0.15, 0.2) is 0 Å². The quantitative estimate of drug-likeness (QED) is 0.726. The van der Waals surface area contributed by atoms with E-state index in [1.54, 1.807) is 7.11 Å². The highest BCUT2D eigenvalue weighted by Crippen LogP contribution is 2.19. The number of likely N-dealkylation sites (N-methyl/N-ethyl adjacent to an activating group) is 1. The Labute approximate surface area is 142 Å². The van der Waals surface area contributed by atoms with Gasteiger partial charge in [-0.15, -0.1) is 0 Å². The number of fused-ring (bicyclic) bond motifs is 1. The summed E-state index contributed by atoms with van der Waals surface area (Å²) in [5.41, 5.74) is 3.59. The highest BCUT2D eigenvalue weighted by molar-refractivity contribution is 5.53. The Kier molecular flexibility index (Phi) is 5.13. The van der Waals surface area contributed by atoms with Crippen molar-refractivity contribution in [3.8, 4) is 5.75 Å². The lowest BCUT2D eigenvalue weighted by molar-refractivity contribution is 0.340. The predicted molar refractivity (Wildman–Crippen MR) is 96.3 cm³/mol. The summed E-state index contributed by atoms with van der Waals surface area (Å²) in [6.07, 6.45) is 3.91. The van der Waals surface area contributed by atoms with E-state index >= 15 is 0 Å². The van der Waals surface area contributed by atoms with E-state index in [-0.39, 0.29) is 6.04 Å². The van der Waals surface area contributed by atoms with Crippen molar-refractivity contribution in [1.82, 2.24) is 19.8 Å². The molecule has 0 saturated heterocycles. The number of hydrogen-bond acceptors (Lipinski definition) is 4. The third-order valence-electron chi connectivity index (χ3n) is 4.11. The number of rotatable bonds is 7. The standard InChI is InChI=1S/C19H24N4O/c1-22(2)14-18(15-7-9-17(24-3)10-8-15)20-12-16-13-21-23-11-5-4-6-19(16)23/h4-11,13,18,20H,12,14H2,1-3H3/t18-/m1/s1. The molecule has 1 atom stereocenters. The molecule has 0 spiro atoms. The summed E-state index contributed by atoms with van der Waals surface area (Å²) in [7, 11) is 5.87. The zero-order valence-electron chi connectivity index (χ0n) is 14.4. The summed E-state index contributed by atoms with van der Waals surface area (Å²) in [6, 6.07) is 14.6. The molecule has 0 aliphatic heterocycles. The third kappa shape index (κ3) is 3.75. The average molecular weight is 324 g/mol. The Morgan fingerprint density at radius 3 is 2.67 bits per heavy atom. The van der Waals surface area contributed by atoms with Crippen molar-refractivity contribution >= 4 is 5.52 Å². The normalized spacial score (nSPS) is 12.7. The number of ether oxygens (including phenoxy) is 1. The van der Waals surface area contributed by atoms with Crippen LogP contribution in [0.4, 0.5) is 0 Å². The van der Waals surface area contributed by atoms with Gasteiger partial charge in [0, 0.05) is 30.9 Å². The molecule has 24 heavy (non-hydrogen) atoms. The molecule has 3 rings (SSSR count). The maximum atomic E-state index is 5.26. The van der Waals surface area contributed by atoms with Crippen LogP contribution >= 0.6 is 0 Å². The van der Waals surface area contributed by atoms with Gasteiger partial charge in [-0.1, -0.05) is 18.2 Å². The van der Waals surface area contributed by atoms with Gasteiger partial charge in [0.05, 0.1) is 18.8 Å². The van der Waals surface area contributed by atoms with Gasteiger partial charge >= 0.3 is 0 Å². The number of nitrogens with one attached hydrogen (secondary N) is 1. The fourth-order valence-electron chi connectivity index (χ4n) is 2.85. The summed E-state index contributed by atoms with van der Waals surface area (Å²) in [6.45, 7) is 1.70. The van der Waals surface area contributed by atoms with Crippen LogP contribution in [-0.2, 0) is 6.54 Å². The lowest BCUT2D eigenvalue weighted by Gasteiger charge is -2.23. The van der Waals surface area contributed by atoms with E-state index in [0.29, 0.717) is 0 Å². The van der Waals surface area contributed by atoms with Crippen LogP contribution in [0.2, 0.25) is 0 Å². The summed E-state index contributed by atoms with van der Waals surface area (Å²) >= 11 is 0. The highest BCUT2D eigenvalue weighted by Gasteiger charge is 2.13. The van der Waals surface area contributed by atoms with Gasteiger partial charge in [-0.05, 0) is 43.9 Å². The van der Waals surface area contributed by atoms with Gasteiger partial charge in [-0.3, -0.25) is 0 Å². The van der Waals surface area contributed by atoms with Crippen LogP contribution in [0.15, 0.2) is 54.9 Å². The molecule has 5 heteroatoms. The van der Waals surface area contributed by atoms with Crippen molar-refractivity contribution in [2.75, 3.05) is 27.7 Å². The third-order valence-corrected chi connectivity index (χ3v) is 4.11. The van der Waals surface area contributed by atoms with Gasteiger partial charge in [-0.25, -0.2) is 4.52 Å². The minimum absolute atomic E-state index is 0.240. The highest BCUT2D eigenvalue weighted by atomic mass is 16.5. The molecule has 0 aliphatic rings. The summed E-state index contributed by atoms with van der Waals surface area (Å²) in [5.74, 6) is 0.880. The topological polar surface area (TPSA) is 41.8 Å². The largest absolute Gasteiger partial charge is 0.497 e. The van der Waals surface area contributed by atoms with Crippen LogP contribution in [0.5, 0.6) is 5.75 Å². The molecule has 2 heterocycles. The van der Waals surface area contributed by atoms with Crippen molar-refractivity contribution in [2.24, 2.45) is 0 Å². The molecule has 3 aromatic rings. The number of pyridine rings is 1. The second-order valence-electron chi connectivity index (χ2n) is 6.17. The fraction of sp³-hybridized carbons (Fsp3) is 0.316. The minimum atomic E-state index is 0.240. The predicted octanol–water partition coefficient (Wildman–Crippen LogP) is 2.74. The maximum absolute atomic E-state index is 5.26. The molecule has 0 aliphatic carbocycles. The number of hydrogen-bond donors (Lipinski definition) is 1. The second kappa shape index (κ2) is 7.47. The van der Waals surface area contributed by atoms with Gasteiger partial charge in [0.1, 0.15) is 5.75 Å². The van der Waals surface area contributed by atoms with E-state index in [0.717, 1.165) is 24.4 Å². The Morgan fingerprint density at radius 2 is 1.96 bits per heavy atom. The molecule has 2 aromatic heterocycles. The van der Waals surface area contributed by atoms with Crippen LogP contribution in [0.1, 0.15) is 17.2 Å². The summed E-state index contributed by atoms with van der Waals surface area (Å²) in [4.78, 5) is 2.19. The second-order valence-corrected chi connectivity index (χ2v) is 6.17. The Hall–Kier alpha value is -2.37. The van der Waals surface area contributed by atoms with Gasteiger partial charge in [0.25, 0.3) is 0 Å². The smallest absolute Gasteiger partial charge is 0.118 e. The molecule has 0 unspecified atom stereocenters. The minimum Gasteiger partial charge on any atom is -0.497 e. The SMILES string of the molecule is COc1ccc([C@@H](CN(C)C)NCc2cnn3ccccc23)cc1. The number of methoxy groups -OCH3 is 1. The van der Waals surface area contributed by atoms with E-state index in [1.165, 1.54) is 11.1 Å². The van der Waals surface area contributed by atoms with E-state index in [4.69, 9.17) is 4.74 Å². The van der Waals surface area contributed by atoms with E-state index in [2.05, 4.69) is 47.6 Å². The van der Waals surface area contributed by atoms with Crippen LogP contribution < -0.4 is 10.1 Å². The van der Waals surface area contributed by atoms with Gasteiger partial charge in [-0.2, -0.15) is 5.10 Å². The monoisotopic (exact) mass is 324 g/mol. The molecule has 1 N–H and O–H groups in total. The number of nitrogens with zero attached hydrogens (tertiary/aromatic N) is 3. The summed E-state index contributed by atoms with van der Waals surface area (Å²) < 4.78 is 7.16. The molecule has 0 radical (unpaired) electrons. The first-order chi connectivity index (χ1) is 11.7. The van der Waals surface area contributed by atoms with Crippen molar-refractivity contribution in [1.29, 1.82) is 0 Å². The van der Waals surface area contributed by atoms with Crippen LogP contribution in [0.3, 0.4) is 0 Å². The Bertz CT molecular complexity index is 779. The molecule has 1 aromatic carbocycles. The molecular weight excluding hydrogens is 300 g/mol. The van der Waals surface area contributed by atoms with E-state index < -0.39 is 0 Å². The lowest BCUT2D eigenvalue weighted by atomic mass is 10.1. The van der Waals surface area contributed by atoms with Crippen LogP contribution in [0.25, 0.3) is 5.52 Å². The molecule has 5 nitrogen and oxygen atoms in total. The average Bonchev–Trinajstić information content (AvgIpc) is 3.02. The lowest BCUT2D eigenvalue weighted by Crippen LogP contribution is -2.30.